The maximum atomic E-state index is 3.46. The van der Waals surface area contributed by atoms with Gasteiger partial charge in [-0.05, 0) is 30.5 Å². The largest absolute Gasteiger partial charge is 0.378 e. The average molecular weight is 216 g/mol. The first-order valence-electron chi connectivity index (χ1n) is 5.93. The molecule has 2 heteroatoms. The van der Waals surface area contributed by atoms with Crippen LogP contribution in [0.25, 0.3) is 6.08 Å². The summed E-state index contributed by atoms with van der Waals surface area (Å²) in [6, 6.07) is 9.40. The molecule has 0 aromatic heterocycles. The Kier molecular flexibility index (Phi) is 3.62. The fourth-order valence-electron chi connectivity index (χ4n) is 1.60. The van der Waals surface area contributed by atoms with Crippen LogP contribution in [0, 0.1) is 0 Å². The zero-order chi connectivity index (χ0) is 11.4. The molecular formula is C14H20N2. The molecule has 1 N–H and O–H groups in total. The number of anilines is 1. The van der Waals surface area contributed by atoms with Gasteiger partial charge in [0.2, 0.25) is 0 Å². The molecule has 0 heterocycles. The van der Waals surface area contributed by atoms with Gasteiger partial charge in [-0.2, -0.15) is 0 Å². The lowest BCUT2D eigenvalue weighted by Crippen LogP contribution is -2.15. The van der Waals surface area contributed by atoms with E-state index in [4.69, 9.17) is 0 Å². The second-order valence-corrected chi connectivity index (χ2v) is 4.57. The first-order chi connectivity index (χ1) is 7.75. The van der Waals surface area contributed by atoms with Crippen LogP contribution in [0.2, 0.25) is 0 Å². The normalized spacial score (nSPS) is 15.6. The molecule has 0 atom stereocenters. The van der Waals surface area contributed by atoms with Gasteiger partial charge in [0, 0.05) is 32.4 Å². The predicted octanol–water partition coefficient (Wildman–Crippen LogP) is 2.52. The molecule has 1 aliphatic rings. The van der Waals surface area contributed by atoms with E-state index in [-0.39, 0.29) is 0 Å². The maximum absolute atomic E-state index is 3.46. The first kappa shape index (κ1) is 11.2. The van der Waals surface area contributed by atoms with Gasteiger partial charge in [-0.3, -0.25) is 0 Å². The molecule has 1 saturated carbocycles. The van der Waals surface area contributed by atoms with E-state index in [9.17, 15) is 0 Å². The molecule has 0 spiro atoms. The summed E-state index contributed by atoms with van der Waals surface area (Å²) >= 11 is 0. The van der Waals surface area contributed by atoms with Crippen molar-refractivity contribution in [2.24, 2.45) is 0 Å². The van der Waals surface area contributed by atoms with Gasteiger partial charge in [0.15, 0.2) is 0 Å². The summed E-state index contributed by atoms with van der Waals surface area (Å²) in [4.78, 5) is 2.11. The fourth-order valence-corrected chi connectivity index (χ4v) is 1.60. The predicted molar refractivity (Wildman–Crippen MR) is 70.8 cm³/mol. The Morgan fingerprint density at radius 2 is 1.94 bits per heavy atom. The molecule has 2 rings (SSSR count). The highest BCUT2D eigenvalue weighted by Crippen LogP contribution is 2.18. The minimum atomic E-state index is 0.792. The van der Waals surface area contributed by atoms with Gasteiger partial charge >= 0.3 is 0 Å². The number of nitrogens with one attached hydrogen (secondary N) is 1. The molecular weight excluding hydrogens is 196 g/mol. The van der Waals surface area contributed by atoms with E-state index in [0.717, 1.165) is 12.6 Å². The van der Waals surface area contributed by atoms with Crippen molar-refractivity contribution in [2.75, 3.05) is 25.5 Å². The minimum Gasteiger partial charge on any atom is -0.378 e. The SMILES string of the molecule is CN(C)c1ccc(C=CCNC2CC2)cc1. The third kappa shape index (κ3) is 3.38. The summed E-state index contributed by atoms with van der Waals surface area (Å²) < 4.78 is 0. The second-order valence-electron chi connectivity index (χ2n) is 4.57. The van der Waals surface area contributed by atoms with Gasteiger partial charge < -0.3 is 10.2 Å². The Labute approximate surface area is 98.0 Å². The van der Waals surface area contributed by atoms with Gasteiger partial charge in [0.1, 0.15) is 0 Å². The van der Waals surface area contributed by atoms with E-state index >= 15 is 0 Å². The lowest BCUT2D eigenvalue weighted by atomic mass is 10.2. The molecule has 1 aliphatic carbocycles. The molecule has 2 nitrogen and oxygen atoms in total. The average Bonchev–Trinajstić information content (AvgIpc) is 3.09. The molecule has 86 valence electrons. The quantitative estimate of drug-likeness (QED) is 0.813. The highest BCUT2D eigenvalue weighted by molar-refractivity contribution is 5.55. The van der Waals surface area contributed by atoms with Crippen LogP contribution >= 0.6 is 0 Å². The Balaban J connectivity index is 1.83. The third-order valence-corrected chi connectivity index (χ3v) is 2.82. The Morgan fingerprint density at radius 1 is 1.25 bits per heavy atom. The Hall–Kier alpha value is -1.28. The molecule has 1 aromatic rings. The number of hydrogen-bond acceptors (Lipinski definition) is 2. The van der Waals surface area contributed by atoms with Crippen molar-refractivity contribution in [3.8, 4) is 0 Å². The maximum Gasteiger partial charge on any atom is 0.0361 e. The van der Waals surface area contributed by atoms with E-state index in [1.165, 1.54) is 24.1 Å². The van der Waals surface area contributed by atoms with Crippen molar-refractivity contribution < 1.29 is 0 Å². The van der Waals surface area contributed by atoms with Crippen LogP contribution in [0.5, 0.6) is 0 Å². The van der Waals surface area contributed by atoms with Crippen LogP contribution in [-0.2, 0) is 0 Å². The van der Waals surface area contributed by atoms with E-state index in [2.05, 4.69) is 60.7 Å². The van der Waals surface area contributed by atoms with Gasteiger partial charge in [0.25, 0.3) is 0 Å². The molecule has 0 aliphatic heterocycles. The standard InChI is InChI=1S/C14H20N2/c1-16(2)14-9-5-12(6-10-14)4-3-11-15-13-7-8-13/h3-6,9-10,13,15H,7-8,11H2,1-2H3. The van der Waals surface area contributed by atoms with Crippen molar-refractivity contribution in [3.63, 3.8) is 0 Å². The molecule has 0 saturated heterocycles. The zero-order valence-electron chi connectivity index (χ0n) is 10.1. The van der Waals surface area contributed by atoms with Crippen LogP contribution in [0.4, 0.5) is 5.69 Å². The lowest BCUT2D eigenvalue weighted by Gasteiger charge is -2.11. The van der Waals surface area contributed by atoms with E-state index in [1.807, 2.05) is 0 Å². The topological polar surface area (TPSA) is 15.3 Å². The molecule has 1 aromatic carbocycles. The Bertz CT molecular complexity index is 348. The molecule has 0 radical (unpaired) electrons. The summed E-state index contributed by atoms with van der Waals surface area (Å²) in [5, 5.41) is 3.46. The monoisotopic (exact) mass is 216 g/mol. The second kappa shape index (κ2) is 5.17. The van der Waals surface area contributed by atoms with Crippen molar-refractivity contribution in [2.45, 2.75) is 18.9 Å². The van der Waals surface area contributed by atoms with Gasteiger partial charge in [0.05, 0.1) is 0 Å². The summed E-state index contributed by atoms with van der Waals surface area (Å²) in [6.07, 6.45) is 7.08. The zero-order valence-corrected chi connectivity index (χ0v) is 10.1. The van der Waals surface area contributed by atoms with Crippen molar-refractivity contribution in [1.82, 2.24) is 5.32 Å². The summed E-state index contributed by atoms with van der Waals surface area (Å²) in [5.41, 5.74) is 2.51. The van der Waals surface area contributed by atoms with Crippen molar-refractivity contribution in [3.05, 3.63) is 35.9 Å². The van der Waals surface area contributed by atoms with E-state index < -0.39 is 0 Å². The van der Waals surface area contributed by atoms with E-state index in [0.29, 0.717) is 0 Å². The highest BCUT2D eigenvalue weighted by Gasteiger charge is 2.18. The summed E-state index contributed by atoms with van der Waals surface area (Å²) in [5.74, 6) is 0. The number of benzene rings is 1. The van der Waals surface area contributed by atoms with Crippen LogP contribution in [0.15, 0.2) is 30.3 Å². The van der Waals surface area contributed by atoms with Gasteiger partial charge in [-0.15, -0.1) is 0 Å². The smallest absolute Gasteiger partial charge is 0.0361 e. The van der Waals surface area contributed by atoms with Gasteiger partial charge in [-0.1, -0.05) is 24.3 Å². The third-order valence-electron chi connectivity index (χ3n) is 2.82. The van der Waals surface area contributed by atoms with Crippen molar-refractivity contribution >= 4 is 11.8 Å². The van der Waals surface area contributed by atoms with Crippen LogP contribution < -0.4 is 10.2 Å². The molecule has 0 unspecified atom stereocenters. The first-order valence-corrected chi connectivity index (χ1v) is 5.93. The van der Waals surface area contributed by atoms with E-state index in [1.54, 1.807) is 0 Å². The minimum absolute atomic E-state index is 0.792. The molecule has 0 bridgehead atoms. The van der Waals surface area contributed by atoms with Crippen LogP contribution in [0.1, 0.15) is 18.4 Å². The summed E-state index contributed by atoms with van der Waals surface area (Å²) in [6.45, 7) is 0.986. The van der Waals surface area contributed by atoms with Gasteiger partial charge in [-0.25, -0.2) is 0 Å². The number of hydrogen-bond donors (Lipinski definition) is 1. The highest BCUT2D eigenvalue weighted by atomic mass is 15.1. The molecule has 1 fully saturated rings. The number of rotatable bonds is 5. The van der Waals surface area contributed by atoms with Crippen molar-refractivity contribution in [1.29, 1.82) is 0 Å². The Morgan fingerprint density at radius 3 is 2.50 bits per heavy atom. The number of nitrogens with zero attached hydrogens (tertiary/aromatic N) is 1. The molecule has 0 amide bonds. The lowest BCUT2D eigenvalue weighted by molar-refractivity contribution is 0.754. The van der Waals surface area contributed by atoms with Crippen LogP contribution in [0.3, 0.4) is 0 Å². The molecule has 16 heavy (non-hydrogen) atoms. The summed E-state index contributed by atoms with van der Waals surface area (Å²) in [7, 11) is 4.12. The van der Waals surface area contributed by atoms with Crippen LogP contribution in [-0.4, -0.2) is 26.7 Å². The fraction of sp³-hybridized carbons (Fsp3) is 0.429.